The fourth-order valence-electron chi connectivity index (χ4n) is 12.1. The van der Waals surface area contributed by atoms with Crippen LogP contribution in [0.5, 0.6) is 11.8 Å². The van der Waals surface area contributed by atoms with Crippen LogP contribution >= 0.6 is 11.3 Å². The zero-order chi connectivity index (χ0) is 59.4. The smallest absolute Gasteiger partial charge is 0.417 e. The number of aliphatic hydroxyl groups excluding tert-OH is 1. The second-order valence-corrected chi connectivity index (χ2v) is 23.5. The maximum Gasteiger partial charge on any atom is 0.417 e. The van der Waals surface area contributed by atoms with E-state index in [0.717, 1.165) is 41.9 Å². The number of hydrogen-bond acceptors (Lipinski definition) is 16. The van der Waals surface area contributed by atoms with Crippen molar-refractivity contribution in [2.75, 3.05) is 43.5 Å². The lowest BCUT2D eigenvalue weighted by Crippen LogP contribution is -2.51. The molecule has 12 rings (SSSR count). The van der Waals surface area contributed by atoms with E-state index in [9.17, 15) is 24.3 Å². The number of aliphatic hydroxyl groups is 1. The summed E-state index contributed by atoms with van der Waals surface area (Å²) in [5, 5.41) is 36.5. The average molecular weight is 1180 g/mol. The number of carbonyl (C=O) groups is 2. The van der Waals surface area contributed by atoms with Crippen LogP contribution in [0.1, 0.15) is 87.2 Å². The molecule has 4 aliphatic rings. The summed E-state index contributed by atoms with van der Waals surface area (Å²) in [4.78, 5) is 45.7. The number of aromatic nitrogens is 6. The molecule has 0 saturated carbocycles. The average Bonchev–Trinajstić information content (AvgIpc) is 1.77. The number of pyridine rings is 1. The number of nitrogens with two attached hydrogens (primary N) is 1. The van der Waals surface area contributed by atoms with Gasteiger partial charge in [-0.3, -0.25) is 14.6 Å². The number of anilines is 2. The molecule has 440 valence electrons. The standard InChI is InChI=1S/C61H59F5N12O6S/c1-31(2)53(59(81)77-28-39(79)23-48(77)58(80)70-32(3)34-10-12-36(13-11-34)51-45(62)5-4-20-69-51)78-29-47(74-75-78)35-8-6-33(7-9-35)30-83-54-50(41-16-17-46(63)55-49(41)43(25-67)56(68)85-55)44(61(64,65)66)24-42-52(54)72-60(84-40-18-21-82-22-19-40)73-57(42)76-26-37-14-15-38(27-76)71-37/h4-13,16-17,20,24,29,31-32,37-40,48,53,71,79H,14-15,18-19,21-23,26-28,30,68H2,1-3H3,(H,70,80)/t32-,37?,38?,39+,48-,53-/m0/s1. The largest absolute Gasteiger partial charge is 0.486 e. The Morgan fingerprint density at radius 2 is 1.68 bits per heavy atom. The SMILES string of the molecule is CC(C)[C@@H](C(=O)N1C[C@H](O)C[C@H]1C(=O)N[C@@H](C)c1ccc(-c2ncccc2F)cc1)n1cc(-c2ccc(COc3c(-c4ccc(F)c5sc(N)c(C#N)c45)c(C(F)(F)F)cc4c(N5CC6CCC(C5)N6)nc(OC5CCOCC5)nc34)cc2)nn1. The molecule has 2 bridgehead atoms. The summed E-state index contributed by atoms with van der Waals surface area (Å²) < 4.78 is 98.2. The molecule has 2 amide bonds. The maximum absolute atomic E-state index is 16.0. The Kier molecular flexibility index (Phi) is 15.6. The first-order chi connectivity index (χ1) is 40.9. The molecule has 8 aromatic rings. The van der Waals surface area contributed by atoms with Crippen LogP contribution in [0.4, 0.5) is 32.8 Å². The lowest BCUT2D eigenvalue weighted by atomic mass is 9.92. The molecule has 85 heavy (non-hydrogen) atoms. The van der Waals surface area contributed by atoms with E-state index in [4.69, 9.17) is 29.9 Å². The van der Waals surface area contributed by atoms with Crippen molar-refractivity contribution in [1.82, 2.24) is 45.5 Å². The minimum atomic E-state index is -5.03. The van der Waals surface area contributed by atoms with Crippen molar-refractivity contribution in [3.63, 3.8) is 0 Å². The van der Waals surface area contributed by atoms with E-state index in [1.165, 1.54) is 34.0 Å². The van der Waals surface area contributed by atoms with Crippen molar-refractivity contribution in [2.24, 2.45) is 5.92 Å². The molecule has 4 fully saturated rings. The van der Waals surface area contributed by atoms with Gasteiger partial charge in [-0.05, 0) is 66.6 Å². The van der Waals surface area contributed by atoms with Crippen molar-refractivity contribution in [2.45, 2.75) is 108 Å². The van der Waals surface area contributed by atoms with Gasteiger partial charge in [0.2, 0.25) is 11.8 Å². The number of halogens is 5. The molecule has 4 aromatic carbocycles. The number of nitriles is 1. The van der Waals surface area contributed by atoms with Crippen molar-refractivity contribution in [1.29, 1.82) is 5.26 Å². The minimum Gasteiger partial charge on any atom is -0.486 e. The molecule has 4 saturated heterocycles. The zero-order valence-electron chi connectivity index (χ0n) is 46.4. The van der Waals surface area contributed by atoms with Crippen LogP contribution in [0.3, 0.4) is 0 Å². The number of nitrogens with one attached hydrogen (secondary N) is 2. The third kappa shape index (κ3) is 11.3. The van der Waals surface area contributed by atoms with Crippen molar-refractivity contribution >= 4 is 55.0 Å². The number of nitrogen functional groups attached to an aromatic ring is 1. The maximum atomic E-state index is 16.0. The highest BCUT2D eigenvalue weighted by Gasteiger charge is 2.44. The van der Waals surface area contributed by atoms with Crippen LogP contribution < -0.4 is 30.7 Å². The summed E-state index contributed by atoms with van der Waals surface area (Å²) >= 11 is 0.762. The van der Waals surface area contributed by atoms with Gasteiger partial charge in [0.05, 0.1) is 47.4 Å². The number of ether oxygens (including phenoxy) is 3. The quantitative estimate of drug-likeness (QED) is 0.0700. The number of benzene rings is 4. The second-order valence-electron chi connectivity index (χ2n) is 22.4. The molecular formula is C61H59F5N12O6S. The summed E-state index contributed by atoms with van der Waals surface area (Å²) in [5.41, 5.74) is 7.32. The van der Waals surface area contributed by atoms with E-state index in [-0.39, 0.29) is 104 Å². The fourth-order valence-corrected chi connectivity index (χ4v) is 13.1. The van der Waals surface area contributed by atoms with Gasteiger partial charge in [-0.1, -0.05) is 73.7 Å². The summed E-state index contributed by atoms with van der Waals surface area (Å²) in [6, 6.07) is 19.6. The van der Waals surface area contributed by atoms with Gasteiger partial charge in [-0.25, -0.2) is 13.5 Å². The molecule has 2 unspecified atom stereocenters. The van der Waals surface area contributed by atoms with Crippen LogP contribution in [-0.2, 0) is 27.1 Å². The topological polar surface area (TPSA) is 232 Å². The van der Waals surface area contributed by atoms with E-state index in [1.54, 1.807) is 61.7 Å². The summed E-state index contributed by atoms with van der Waals surface area (Å²) in [6.45, 7) is 6.87. The third-order valence-corrected chi connectivity index (χ3v) is 17.4. The van der Waals surface area contributed by atoms with Crippen LogP contribution in [0.2, 0.25) is 0 Å². The third-order valence-electron chi connectivity index (χ3n) is 16.3. The number of β-amino-alcohol motifs (C(OH)–C–C–N with tert-alkyl or cyclic N) is 1. The molecule has 6 atom stereocenters. The Labute approximate surface area is 488 Å². The molecule has 24 heteroatoms. The summed E-state index contributed by atoms with van der Waals surface area (Å²) in [5.74, 6) is -2.55. The Balaban J connectivity index is 0.846. The normalized spacial score (nSPS) is 19.8. The second kappa shape index (κ2) is 23.2. The first-order valence-electron chi connectivity index (χ1n) is 28.2. The van der Waals surface area contributed by atoms with E-state index in [0.29, 0.717) is 61.5 Å². The molecule has 0 radical (unpaired) electrons. The van der Waals surface area contributed by atoms with Crippen LogP contribution in [-0.4, -0.2) is 115 Å². The number of carbonyl (C=O) groups excluding carboxylic acids is 2. The number of amides is 2. The van der Waals surface area contributed by atoms with E-state index in [1.807, 2.05) is 24.8 Å². The van der Waals surface area contributed by atoms with Crippen LogP contribution in [0.25, 0.3) is 54.6 Å². The van der Waals surface area contributed by atoms with Gasteiger partial charge in [-0.2, -0.15) is 28.4 Å². The number of thiophene rings is 1. The van der Waals surface area contributed by atoms with Gasteiger partial charge in [0.15, 0.2) is 5.75 Å². The van der Waals surface area contributed by atoms with Gasteiger partial charge in [0.25, 0.3) is 0 Å². The van der Waals surface area contributed by atoms with Crippen molar-refractivity contribution in [3.05, 3.63) is 125 Å². The fraction of sp³-hybridized carbons (Fsp3) is 0.377. The molecule has 5 N–H and O–H groups in total. The Bertz CT molecular complexity index is 3880. The number of hydrogen-bond donors (Lipinski definition) is 4. The highest BCUT2D eigenvalue weighted by atomic mass is 32.1. The molecule has 0 spiro atoms. The van der Waals surface area contributed by atoms with Gasteiger partial charge in [0, 0.05) is 84.6 Å². The number of rotatable bonds is 15. The van der Waals surface area contributed by atoms with Crippen molar-refractivity contribution < 1.29 is 50.9 Å². The first-order valence-corrected chi connectivity index (χ1v) is 29.0. The van der Waals surface area contributed by atoms with E-state index >= 15 is 17.6 Å². The van der Waals surface area contributed by atoms with Gasteiger partial charge in [-0.15, -0.1) is 16.4 Å². The van der Waals surface area contributed by atoms with Crippen LogP contribution in [0.15, 0.2) is 91.3 Å². The molecule has 18 nitrogen and oxygen atoms in total. The number of piperazine rings is 1. The van der Waals surface area contributed by atoms with Crippen LogP contribution in [0, 0.1) is 28.9 Å². The highest BCUT2D eigenvalue weighted by molar-refractivity contribution is 7.23. The Morgan fingerprint density at radius 1 is 0.953 bits per heavy atom. The van der Waals surface area contributed by atoms with Gasteiger partial charge < -0.3 is 45.5 Å². The summed E-state index contributed by atoms with van der Waals surface area (Å²) in [7, 11) is 0. The minimum absolute atomic E-state index is 0.00959. The number of fused-ring (bicyclic) bond motifs is 4. The van der Waals surface area contributed by atoms with Crippen molar-refractivity contribution in [3.8, 4) is 51.5 Å². The zero-order valence-corrected chi connectivity index (χ0v) is 47.3. The van der Waals surface area contributed by atoms with Gasteiger partial charge in [0.1, 0.15) is 70.2 Å². The molecule has 4 aliphatic heterocycles. The monoisotopic (exact) mass is 1180 g/mol. The van der Waals surface area contributed by atoms with Gasteiger partial charge >= 0.3 is 12.2 Å². The molecule has 8 heterocycles. The molecule has 0 aliphatic carbocycles. The highest BCUT2D eigenvalue weighted by Crippen LogP contribution is 2.52. The Hall–Kier alpha value is -8.37. The lowest BCUT2D eigenvalue weighted by Gasteiger charge is -2.35. The first kappa shape index (κ1) is 57.1. The number of alkyl halides is 3. The van der Waals surface area contributed by atoms with E-state index in [2.05, 4.69) is 25.9 Å². The molecule has 4 aromatic heterocycles. The lowest BCUT2D eigenvalue weighted by molar-refractivity contribution is -0.142. The molecular weight excluding hydrogens is 1120 g/mol. The number of nitrogens with zero attached hydrogens (tertiary/aromatic N) is 9. The Morgan fingerprint density at radius 3 is 2.38 bits per heavy atom. The summed E-state index contributed by atoms with van der Waals surface area (Å²) in [6.07, 6.45) is -0.385. The van der Waals surface area contributed by atoms with E-state index < -0.39 is 65.0 Å². The number of likely N-dealkylation sites (tertiary alicyclic amines) is 1. The predicted octanol–water partition coefficient (Wildman–Crippen LogP) is 9.70. The predicted molar refractivity (Wildman–Crippen MR) is 307 cm³/mol.